The predicted octanol–water partition coefficient (Wildman–Crippen LogP) is 1.34. The minimum absolute atomic E-state index is 0.0509. The number of nitrogens with one attached hydrogen (secondary N) is 2. The van der Waals surface area contributed by atoms with Crippen LogP contribution in [0, 0.1) is 5.41 Å². The number of carbonyl (C=O) groups excluding carboxylic acids is 1. The van der Waals surface area contributed by atoms with Gasteiger partial charge in [0.2, 0.25) is 0 Å². The summed E-state index contributed by atoms with van der Waals surface area (Å²) in [4.78, 5) is 21.8. The fourth-order valence-electron chi connectivity index (χ4n) is 1.84. The lowest BCUT2D eigenvalue weighted by Gasteiger charge is -2.38. The lowest BCUT2D eigenvalue weighted by atomic mass is 9.70. The number of aliphatic carboxylic acids is 1. The van der Waals surface area contributed by atoms with Gasteiger partial charge < -0.3 is 15.7 Å². The monoisotopic (exact) mass is 228 g/mol. The van der Waals surface area contributed by atoms with Crippen LogP contribution in [-0.2, 0) is 4.79 Å². The largest absolute Gasteiger partial charge is 0.481 e. The number of carboxylic acids is 1. The number of hydrogen-bond acceptors (Lipinski definition) is 2. The number of amides is 2. The van der Waals surface area contributed by atoms with Crippen molar-refractivity contribution in [1.82, 2.24) is 10.6 Å². The molecule has 3 N–H and O–H groups in total. The molecule has 1 saturated carbocycles. The molecule has 0 spiro atoms. The van der Waals surface area contributed by atoms with Gasteiger partial charge in [-0.3, -0.25) is 4.79 Å². The van der Waals surface area contributed by atoms with Crippen molar-refractivity contribution in [3.05, 3.63) is 0 Å². The molecule has 1 rings (SSSR count). The molecule has 2 amide bonds. The van der Waals surface area contributed by atoms with Crippen molar-refractivity contribution in [1.29, 1.82) is 0 Å². The Labute approximate surface area is 95.6 Å². The minimum Gasteiger partial charge on any atom is -0.481 e. The summed E-state index contributed by atoms with van der Waals surface area (Å²) in [5.74, 6) is -0.904. The number of hydrogen-bond donors (Lipinski definition) is 3. The normalized spacial score (nSPS) is 19.4. The van der Waals surface area contributed by atoms with Crippen molar-refractivity contribution in [2.75, 3.05) is 6.54 Å². The van der Waals surface area contributed by atoms with Gasteiger partial charge in [-0.15, -0.1) is 0 Å². The van der Waals surface area contributed by atoms with Gasteiger partial charge in [0.15, 0.2) is 0 Å². The zero-order valence-corrected chi connectivity index (χ0v) is 9.88. The average molecular weight is 228 g/mol. The van der Waals surface area contributed by atoms with Crippen molar-refractivity contribution in [2.24, 2.45) is 5.41 Å². The van der Waals surface area contributed by atoms with Gasteiger partial charge in [-0.25, -0.2) is 4.79 Å². The zero-order chi connectivity index (χ0) is 12.2. The molecule has 0 aromatic rings. The van der Waals surface area contributed by atoms with Crippen molar-refractivity contribution in [3.8, 4) is 0 Å². The van der Waals surface area contributed by atoms with Gasteiger partial charge in [-0.05, 0) is 25.2 Å². The van der Waals surface area contributed by atoms with Crippen molar-refractivity contribution in [3.63, 3.8) is 0 Å². The van der Waals surface area contributed by atoms with E-state index in [4.69, 9.17) is 5.11 Å². The highest BCUT2D eigenvalue weighted by Crippen LogP contribution is 2.39. The zero-order valence-electron chi connectivity index (χ0n) is 9.88. The lowest BCUT2D eigenvalue weighted by Crippen LogP contribution is -2.46. The van der Waals surface area contributed by atoms with Crippen molar-refractivity contribution in [2.45, 2.75) is 45.6 Å². The molecule has 0 aliphatic heterocycles. The van der Waals surface area contributed by atoms with E-state index in [0.717, 1.165) is 12.8 Å². The molecular formula is C11H20N2O3. The van der Waals surface area contributed by atoms with E-state index in [1.165, 1.54) is 6.42 Å². The first-order chi connectivity index (χ1) is 7.41. The molecule has 1 aliphatic rings. The maximum Gasteiger partial charge on any atom is 0.315 e. The third-order valence-corrected chi connectivity index (χ3v) is 3.09. The predicted molar refractivity (Wildman–Crippen MR) is 60.2 cm³/mol. The standard InChI is InChI=1S/C11H20N2O3/c1-8(6-9(14)15)13-10(16)12-7-11(2)4-3-5-11/h8H,3-7H2,1-2H3,(H,14,15)(H2,12,13,16). The third-order valence-electron chi connectivity index (χ3n) is 3.09. The van der Waals surface area contributed by atoms with Gasteiger partial charge in [0.05, 0.1) is 6.42 Å². The van der Waals surface area contributed by atoms with Crippen LogP contribution in [0.3, 0.4) is 0 Å². The van der Waals surface area contributed by atoms with Gasteiger partial charge in [0.25, 0.3) is 0 Å². The van der Waals surface area contributed by atoms with Gasteiger partial charge in [0.1, 0.15) is 0 Å². The lowest BCUT2D eigenvalue weighted by molar-refractivity contribution is -0.137. The van der Waals surface area contributed by atoms with Crippen LogP contribution in [0.25, 0.3) is 0 Å². The first-order valence-electron chi connectivity index (χ1n) is 5.67. The second kappa shape index (κ2) is 5.18. The minimum atomic E-state index is -0.904. The maximum absolute atomic E-state index is 11.4. The second-order valence-electron chi connectivity index (χ2n) is 4.99. The van der Waals surface area contributed by atoms with E-state index in [2.05, 4.69) is 17.6 Å². The first-order valence-corrected chi connectivity index (χ1v) is 5.67. The Bertz CT molecular complexity index is 274. The molecule has 92 valence electrons. The number of rotatable bonds is 5. The number of carboxylic acid groups (broad SMARTS) is 1. The Morgan fingerprint density at radius 3 is 2.50 bits per heavy atom. The summed E-state index contributed by atoms with van der Waals surface area (Å²) in [5.41, 5.74) is 0.243. The van der Waals surface area contributed by atoms with Crippen LogP contribution in [0.15, 0.2) is 0 Å². The third kappa shape index (κ3) is 4.08. The van der Waals surface area contributed by atoms with Crippen LogP contribution in [0.5, 0.6) is 0 Å². The molecule has 1 atom stereocenters. The fraction of sp³-hybridized carbons (Fsp3) is 0.818. The Balaban J connectivity index is 2.17. The average Bonchev–Trinajstić information content (AvgIpc) is 2.10. The summed E-state index contributed by atoms with van der Waals surface area (Å²) in [6.45, 7) is 4.49. The van der Waals surface area contributed by atoms with Crippen LogP contribution >= 0.6 is 0 Å². The summed E-state index contributed by atoms with van der Waals surface area (Å²) < 4.78 is 0. The topological polar surface area (TPSA) is 78.4 Å². The Hall–Kier alpha value is -1.26. The van der Waals surface area contributed by atoms with E-state index in [0.29, 0.717) is 6.54 Å². The molecule has 1 aliphatic carbocycles. The highest BCUT2D eigenvalue weighted by Gasteiger charge is 2.31. The SMILES string of the molecule is CC(CC(=O)O)NC(=O)NCC1(C)CCC1. The molecule has 0 heterocycles. The summed E-state index contributed by atoms with van der Waals surface area (Å²) in [7, 11) is 0. The molecule has 1 fully saturated rings. The highest BCUT2D eigenvalue weighted by molar-refractivity contribution is 5.75. The van der Waals surface area contributed by atoms with Crippen molar-refractivity contribution >= 4 is 12.0 Å². The van der Waals surface area contributed by atoms with Crippen LogP contribution in [0.2, 0.25) is 0 Å². The van der Waals surface area contributed by atoms with E-state index in [-0.39, 0.29) is 23.9 Å². The van der Waals surface area contributed by atoms with E-state index in [1.807, 2.05) is 0 Å². The van der Waals surface area contributed by atoms with Crippen molar-refractivity contribution < 1.29 is 14.7 Å². The van der Waals surface area contributed by atoms with Gasteiger partial charge >= 0.3 is 12.0 Å². The van der Waals surface area contributed by atoms with E-state index in [1.54, 1.807) is 6.92 Å². The summed E-state index contributed by atoms with van der Waals surface area (Å²) in [5, 5.41) is 13.9. The highest BCUT2D eigenvalue weighted by atomic mass is 16.4. The molecule has 5 heteroatoms. The quantitative estimate of drug-likeness (QED) is 0.664. The van der Waals surface area contributed by atoms with Crippen LogP contribution in [0.4, 0.5) is 4.79 Å². The molecule has 0 saturated heterocycles. The van der Waals surface area contributed by atoms with Crippen LogP contribution in [-0.4, -0.2) is 29.7 Å². The van der Waals surface area contributed by atoms with E-state index < -0.39 is 5.97 Å². The Morgan fingerprint density at radius 2 is 2.06 bits per heavy atom. The Kier molecular flexibility index (Phi) is 4.15. The van der Waals surface area contributed by atoms with Crippen LogP contribution < -0.4 is 10.6 Å². The molecule has 0 bridgehead atoms. The van der Waals surface area contributed by atoms with Gasteiger partial charge in [-0.1, -0.05) is 13.3 Å². The van der Waals surface area contributed by atoms with Gasteiger partial charge in [0, 0.05) is 12.6 Å². The molecular weight excluding hydrogens is 208 g/mol. The molecule has 0 aromatic heterocycles. The second-order valence-corrected chi connectivity index (χ2v) is 4.99. The molecule has 16 heavy (non-hydrogen) atoms. The van der Waals surface area contributed by atoms with E-state index >= 15 is 0 Å². The molecule has 0 aromatic carbocycles. The van der Waals surface area contributed by atoms with Crippen LogP contribution in [0.1, 0.15) is 39.5 Å². The number of urea groups is 1. The smallest absolute Gasteiger partial charge is 0.315 e. The summed E-state index contributed by atoms with van der Waals surface area (Å²) >= 11 is 0. The summed E-state index contributed by atoms with van der Waals surface area (Å²) in [6, 6.07) is -0.617. The number of carbonyl (C=O) groups is 2. The van der Waals surface area contributed by atoms with Gasteiger partial charge in [-0.2, -0.15) is 0 Å². The van der Waals surface area contributed by atoms with E-state index in [9.17, 15) is 9.59 Å². The Morgan fingerprint density at radius 1 is 1.44 bits per heavy atom. The summed E-state index contributed by atoms with van der Waals surface area (Å²) in [6.07, 6.45) is 3.48. The maximum atomic E-state index is 11.4. The molecule has 0 radical (unpaired) electrons. The molecule has 1 unspecified atom stereocenters. The molecule has 5 nitrogen and oxygen atoms in total. The first kappa shape index (κ1) is 12.8. The fourth-order valence-corrected chi connectivity index (χ4v) is 1.84.